The van der Waals surface area contributed by atoms with E-state index in [1.807, 2.05) is 19.1 Å². The lowest BCUT2D eigenvalue weighted by molar-refractivity contribution is -0.384. The number of rotatable bonds is 6. The van der Waals surface area contributed by atoms with Gasteiger partial charge in [-0.05, 0) is 60.6 Å². The molecule has 1 aliphatic heterocycles. The third-order valence-electron chi connectivity index (χ3n) is 5.28. The highest BCUT2D eigenvalue weighted by molar-refractivity contribution is 7.80. The van der Waals surface area contributed by atoms with Crippen molar-refractivity contribution in [1.29, 1.82) is 0 Å². The second kappa shape index (κ2) is 9.28. The number of nitro groups is 1. The Labute approximate surface area is 199 Å². The van der Waals surface area contributed by atoms with Crippen molar-refractivity contribution in [1.82, 2.24) is 5.32 Å². The second-order valence-corrected chi connectivity index (χ2v) is 7.71. The number of methoxy groups -OCH3 is 1. The van der Waals surface area contributed by atoms with E-state index in [9.17, 15) is 19.7 Å². The predicted octanol–water partition coefficient (Wildman–Crippen LogP) is 4.26. The number of nitro benzene ring substituents is 1. The fourth-order valence-corrected chi connectivity index (χ4v) is 3.77. The summed E-state index contributed by atoms with van der Waals surface area (Å²) >= 11 is 5.23. The first kappa shape index (κ1) is 22.9. The van der Waals surface area contributed by atoms with E-state index >= 15 is 0 Å². The Balaban J connectivity index is 1.66. The number of hydrogen-bond donors (Lipinski definition) is 1. The van der Waals surface area contributed by atoms with Crippen molar-refractivity contribution in [3.63, 3.8) is 0 Å². The largest absolute Gasteiger partial charge is 0.496 e. The molecule has 1 saturated heterocycles. The molecule has 2 amide bonds. The van der Waals surface area contributed by atoms with Gasteiger partial charge in [0.2, 0.25) is 0 Å². The number of hydrogen-bond acceptors (Lipinski definition) is 7. The van der Waals surface area contributed by atoms with Gasteiger partial charge >= 0.3 is 0 Å². The Hall–Kier alpha value is -4.31. The molecule has 0 radical (unpaired) electrons. The first-order chi connectivity index (χ1) is 16.3. The third kappa shape index (κ3) is 4.30. The number of anilines is 1. The van der Waals surface area contributed by atoms with E-state index in [1.54, 1.807) is 24.3 Å². The van der Waals surface area contributed by atoms with Crippen LogP contribution in [-0.4, -0.2) is 29.0 Å². The van der Waals surface area contributed by atoms with Crippen molar-refractivity contribution < 1.29 is 23.7 Å². The topological polar surface area (TPSA) is 115 Å². The maximum Gasteiger partial charge on any atom is 0.273 e. The third-order valence-corrected chi connectivity index (χ3v) is 5.56. The van der Waals surface area contributed by atoms with Crippen LogP contribution in [0.1, 0.15) is 18.2 Å². The summed E-state index contributed by atoms with van der Waals surface area (Å²) in [6, 6.07) is 14.6. The van der Waals surface area contributed by atoms with Crippen molar-refractivity contribution >= 4 is 46.6 Å². The smallest absolute Gasteiger partial charge is 0.273 e. The van der Waals surface area contributed by atoms with E-state index in [0.717, 1.165) is 12.0 Å². The molecule has 9 nitrogen and oxygen atoms in total. The van der Waals surface area contributed by atoms with E-state index in [0.29, 0.717) is 17.0 Å². The van der Waals surface area contributed by atoms with Crippen LogP contribution in [0.3, 0.4) is 0 Å². The van der Waals surface area contributed by atoms with Crippen LogP contribution in [0.15, 0.2) is 64.6 Å². The zero-order valence-corrected chi connectivity index (χ0v) is 19.0. The minimum absolute atomic E-state index is 0.00727. The number of furan rings is 1. The van der Waals surface area contributed by atoms with Crippen molar-refractivity contribution in [2.24, 2.45) is 0 Å². The lowest BCUT2D eigenvalue weighted by atomic mass is 10.1. The molecule has 0 saturated carbocycles. The molecular weight excluding hydrogens is 458 g/mol. The monoisotopic (exact) mass is 477 g/mol. The predicted molar refractivity (Wildman–Crippen MR) is 129 cm³/mol. The van der Waals surface area contributed by atoms with Crippen LogP contribution in [0.4, 0.5) is 11.4 Å². The van der Waals surface area contributed by atoms with E-state index in [-0.39, 0.29) is 27.9 Å². The summed E-state index contributed by atoms with van der Waals surface area (Å²) in [6.07, 6.45) is 2.18. The maximum absolute atomic E-state index is 13.2. The summed E-state index contributed by atoms with van der Waals surface area (Å²) in [5.74, 6) is -0.375. The molecule has 2 aromatic carbocycles. The molecule has 172 valence electrons. The highest BCUT2D eigenvalue weighted by atomic mass is 32.1. The number of ether oxygens (including phenoxy) is 1. The molecule has 1 aliphatic rings. The number of carbonyl (C=O) groups excluding carboxylic acids is 2. The Morgan fingerprint density at radius 2 is 1.88 bits per heavy atom. The number of nitrogens with one attached hydrogen (secondary N) is 1. The van der Waals surface area contributed by atoms with Crippen molar-refractivity contribution in [3.05, 3.63) is 81.6 Å². The van der Waals surface area contributed by atoms with E-state index < -0.39 is 16.7 Å². The Morgan fingerprint density at radius 3 is 2.53 bits per heavy atom. The summed E-state index contributed by atoms with van der Waals surface area (Å²) in [5.41, 5.74) is 1.85. The molecule has 2 heterocycles. The van der Waals surface area contributed by atoms with Crippen molar-refractivity contribution in [3.8, 4) is 17.1 Å². The van der Waals surface area contributed by atoms with Gasteiger partial charge in [0, 0.05) is 6.07 Å². The van der Waals surface area contributed by atoms with Crippen LogP contribution >= 0.6 is 12.2 Å². The Bertz CT molecular complexity index is 1340. The van der Waals surface area contributed by atoms with Crippen molar-refractivity contribution in [2.45, 2.75) is 13.3 Å². The fourth-order valence-electron chi connectivity index (χ4n) is 3.49. The van der Waals surface area contributed by atoms with Crippen LogP contribution in [0.25, 0.3) is 17.4 Å². The highest BCUT2D eigenvalue weighted by Gasteiger charge is 2.34. The average Bonchev–Trinajstić information content (AvgIpc) is 3.30. The number of benzene rings is 2. The number of thiocarbonyl (C=S) groups is 1. The number of non-ortho nitro benzene ring substituents is 1. The van der Waals surface area contributed by atoms with Crippen LogP contribution < -0.4 is 15.0 Å². The van der Waals surface area contributed by atoms with E-state index in [1.165, 1.54) is 36.3 Å². The summed E-state index contributed by atoms with van der Waals surface area (Å²) in [5, 5.41) is 13.6. The Kier molecular flexibility index (Phi) is 6.24. The maximum atomic E-state index is 13.2. The number of carbonyl (C=O) groups is 2. The molecule has 1 aromatic heterocycles. The molecule has 0 bridgehead atoms. The van der Waals surface area contributed by atoms with Gasteiger partial charge in [0.15, 0.2) is 5.11 Å². The zero-order valence-electron chi connectivity index (χ0n) is 18.2. The Morgan fingerprint density at radius 1 is 1.15 bits per heavy atom. The molecule has 3 aromatic rings. The average molecular weight is 477 g/mol. The van der Waals surface area contributed by atoms with Crippen LogP contribution in [-0.2, 0) is 16.0 Å². The van der Waals surface area contributed by atoms with Crippen LogP contribution in [0.5, 0.6) is 5.75 Å². The van der Waals surface area contributed by atoms with Gasteiger partial charge in [-0.3, -0.25) is 29.9 Å². The first-order valence-electron chi connectivity index (χ1n) is 10.3. The standard InChI is InChI=1S/C24H19N3O6S/c1-3-14-4-6-15(7-5-14)26-23(29)19(22(28)25-24(26)34)13-17-9-11-20(33-17)18-10-8-16(27(30)31)12-21(18)32-2/h4-13H,3H2,1-2H3,(H,25,28,34). The van der Waals surface area contributed by atoms with Gasteiger partial charge in [-0.1, -0.05) is 19.1 Å². The van der Waals surface area contributed by atoms with E-state index in [2.05, 4.69) is 5.32 Å². The molecule has 1 N–H and O–H groups in total. The summed E-state index contributed by atoms with van der Waals surface area (Å²) in [7, 11) is 1.39. The van der Waals surface area contributed by atoms with E-state index in [4.69, 9.17) is 21.4 Å². The molecule has 34 heavy (non-hydrogen) atoms. The van der Waals surface area contributed by atoms with Gasteiger partial charge in [-0.25, -0.2) is 0 Å². The minimum Gasteiger partial charge on any atom is -0.496 e. The molecular formula is C24H19N3O6S. The minimum atomic E-state index is -0.637. The summed E-state index contributed by atoms with van der Waals surface area (Å²) in [6.45, 7) is 2.02. The number of nitrogens with zero attached hydrogens (tertiary/aromatic N) is 2. The molecule has 1 fully saturated rings. The van der Waals surface area contributed by atoms with Gasteiger partial charge in [-0.15, -0.1) is 0 Å². The van der Waals surface area contributed by atoms with Gasteiger partial charge < -0.3 is 9.15 Å². The number of aryl methyl sites for hydroxylation is 1. The fraction of sp³-hybridized carbons (Fsp3) is 0.125. The first-order valence-corrected chi connectivity index (χ1v) is 10.7. The van der Waals surface area contributed by atoms with Crippen molar-refractivity contribution in [2.75, 3.05) is 12.0 Å². The molecule has 0 atom stereocenters. The quantitative estimate of drug-likeness (QED) is 0.185. The molecule has 10 heteroatoms. The van der Waals surface area contributed by atoms with Crippen LogP contribution in [0.2, 0.25) is 0 Å². The molecule has 4 rings (SSSR count). The van der Waals surface area contributed by atoms with Gasteiger partial charge in [-0.2, -0.15) is 0 Å². The zero-order chi connectivity index (χ0) is 24.4. The lowest BCUT2D eigenvalue weighted by Gasteiger charge is -2.28. The molecule has 0 aliphatic carbocycles. The van der Waals surface area contributed by atoms with Crippen LogP contribution in [0, 0.1) is 10.1 Å². The molecule has 0 spiro atoms. The van der Waals surface area contributed by atoms with Gasteiger partial charge in [0.05, 0.1) is 29.4 Å². The summed E-state index contributed by atoms with van der Waals surface area (Å²) in [4.78, 5) is 37.5. The normalized spacial score (nSPS) is 14.9. The number of amides is 2. The summed E-state index contributed by atoms with van der Waals surface area (Å²) < 4.78 is 11.1. The lowest BCUT2D eigenvalue weighted by Crippen LogP contribution is -2.54. The van der Waals surface area contributed by atoms with Gasteiger partial charge in [0.25, 0.3) is 17.5 Å². The second-order valence-electron chi connectivity index (χ2n) is 7.32. The highest BCUT2D eigenvalue weighted by Crippen LogP contribution is 2.35. The molecule has 0 unspecified atom stereocenters. The van der Waals surface area contributed by atoms with Gasteiger partial charge in [0.1, 0.15) is 22.8 Å². The SMILES string of the molecule is CCc1ccc(N2C(=O)C(=Cc3ccc(-c4ccc([N+](=O)[O-])cc4OC)o3)C(=O)NC2=S)cc1.